The lowest BCUT2D eigenvalue weighted by atomic mass is 10.1. The van der Waals surface area contributed by atoms with Crippen molar-refractivity contribution >= 4 is 16.7 Å². The molecule has 1 aromatic carbocycles. The number of benzene rings is 1. The van der Waals surface area contributed by atoms with Crippen molar-refractivity contribution in [2.75, 3.05) is 18.8 Å². The number of hydrogen-bond acceptors (Lipinski definition) is 5. The van der Waals surface area contributed by atoms with Crippen molar-refractivity contribution in [3.8, 4) is 17.3 Å². The Kier molecular flexibility index (Phi) is 4.69. The number of nitrogens with zero attached hydrogens (tertiary/aromatic N) is 5. The maximum absolute atomic E-state index is 9.38. The van der Waals surface area contributed by atoms with E-state index in [1.54, 1.807) is 0 Å². The van der Waals surface area contributed by atoms with Crippen LogP contribution in [0.4, 0.5) is 5.82 Å². The number of anilines is 1. The summed E-state index contributed by atoms with van der Waals surface area (Å²) in [5, 5.41) is 17.4. The first-order valence-corrected chi connectivity index (χ1v) is 10.2. The Morgan fingerprint density at radius 1 is 1.10 bits per heavy atom. The molecule has 3 N–H and O–H groups in total. The van der Waals surface area contributed by atoms with Crippen LogP contribution in [0.1, 0.15) is 29.7 Å². The molecular weight excluding hydrogens is 374 g/mol. The molecule has 30 heavy (non-hydrogen) atoms. The Morgan fingerprint density at radius 3 is 2.73 bits per heavy atom. The molecule has 0 bridgehead atoms. The minimum Gasteiger partial charge on any atom is -0.381 e. The lowest BCUT2D eigenvalue weighted by Crippen LogP contribution is -2.18. The van der Waals surface area contributed by atoms with Gasteiger partial charge in [0.15, 0.2) is 5.82 Å². The molecule has 1 aliphatic rings. The third-order valence-corrected chi connectivity index (χ3v) is 5.79. The number of nitriles is 1. The predicted molar refractivity (Wildman–Crippen MR) is 116 cm³/mol. The normalized spacial score (nSPS) is 14.4. The van der Waals surface area contributed by atoms with Gasteiger partial charge in [0.1, 0.15) is 11.6 Å². The van der Waals surface area contributed by atoms with E-state index in [0.717, 1.165) is 28.7 Å². The van der Waals surface area contributed by atoms with Crippen LogP contribution in [0.2, 0.25) is 0 Å². The molecular formula is C23H23N7. The van der Waals surface area contributed by atoms with E-state index in [4.69, 9.17) is 10.7 Å². The number of hydrogen-bond donors (Lipinski definition) is 2. The third-order valence-electron chi connectivity index (χ3n) is 5.79. The number of likely N-dealkylation sites (tertiary alicyclic amines) is 1. The van der Waals surface area contributed by atoms with Crippen molar-refractivity contribution in [2.45, 2.75) is 25.9 Å². The number of fused-ring (bicyclic) bond motifs is 1. The van der Waals surface area contributed by atoms with Gasteiger partial charge >= 0.3 is 0 Å². The van der Waals surface area contributed by atoms with E-state index in [1.165, 1.54) is 31.5 Å². The van der Waals surface area contributed by atoms with Crippen molar-refractivity contribution in [1.29, 1.82) is 5.26 Å². The van der Waals surface area contributed by atoms with Gasteiger partial charge in [-0.2, -0.15) is 10.4 Å². The van der Waals surface area contributed by atoms with E-state index < -0.39 is 0 Å². The lowest BCUT2D eigenvalue weighted by Gasteiger charge is -2.14. The Bertz CT molecular complexity index is 1220. The summed E-state index contributed by atoms with van der Waals surface area (Å²) in [6, 6.07) is 14.6. The molecule has 0 radical (unpaired) electrons. The summed E-state index contributed by atoms with van der Waals surface area (Å²) in [6.45, 7) is 4.05. The molecule has 150 valence electrons. The summed E-state index contributed by atoms with van der Waals surface area (Å²) < 4.78 is 2.17. The van der Waals surface area contributed by atoms with Crippen molar-refractivity contribution in [3.05, 3.63) is 65.6 Å². The average Bonchev–Trinajstić information content (AvgIpc) is 3.50. The standard InChI is InChI=1S/C23H23N7/c24-12-20-22(27-28-23(20)25)18-5-4-17-7-10-30(21(17)11-18)15-19-6-3-16(13-26-19)14-29-8-1-2-9-29/h3-7,10-11,13H,1-2,8-9,14-15H2,(H3,25,27,28). The van der Waals surface area contributed by atoms with Crippen molar-refractivity contribution < 1.29 is 0 Å². The number of pyridine rings is 1. The van der Waals surface area contributed by atoms with Crippen LogP contribution in [-0.2, 0) is 13.1 Å². The van der Waals surface area contributed by atoms with Gasteiger partial charge in [0.05, 0.1) is 17.9 Å². The highest BCUT2D eigenvalue weighted by Crippen LogP contribution is 2.28. The first kappa shape index (κ1) is 18.4. The van der Waals surface area contributed by atoms with Crippen LogP contribution in [0.15, 0.2) is 48.8 Å². The molecule has 1 aliphatic heterocycles. The topological polar surface area (TPSA) is 99.6 Å². The summed E-state index contributed by atoms with van der Waals surface area (Å²) in [7, 11) is 0. The van der Waals surface area contributed by atoms with Crippen molar-refractivity contribution in [2.24, 2.45) is 0 Å². The molecule has 0 unspecified atom stereocenters. The Hall–Kier alpha value is -3.63. The fourth-order valence-corrected chi connectivity index (χ4v) is 4.17. The smallest absolute Gasteiger partial charge is 0.163 e. The van der Waals surface area contributed by atoms with Crippen LogP contribution in [0.25, 0.3) is 22.2 Å². The number of H-pyrrole nitrogens is 1. The number of aromatic amines is 1. The monoisotopic (exact) mass is 397 g/mol. The molecule has 4 heterocycles. The zero-order valence-electron chi connectivity index (χ0n) is 16.7. The number of rotatable bonds is 5. The second kappa shape index (κ2) is 7.65. The van der Waals surface area contributed by atoms with Crippen LogP contribution in [0.5, 0.6) is 0 Å². The Labute approximate surface area is 174 Å². The fourth-order valence-electron chi connectivity index (χ4n) is 4.17. The molecule has 7 heteroatoms. The summed E-state index contributed by atoms with van der Waals surface area (Å²) in [6.07, 6.45) is 6.67. The molecule has 1 saturated heterocycles. The van der Waals surface area contributed by atoms with Crippen molar-refractivity contribution in [1.82, 2.24) is 24.6 Å². The fraction of sp³-hybridized carbons (Fsp3) is 0.261. The largest absolute Gasteiger partial charge is 0.381 e. The predicted octanol–water partition coefficient (Wildman–Crippen LogP) is 3.52. The number of nitrogen functional groups attached to an aromatic ring is 1. The second-order valence-electron chi connectivity index (χ2n) is 7.83. The third kappa shape index (κ3) is 3.42. The highest BCUT2D eigenvalue weighted by atomic mass is 15.2. The number of nitrogens with two attached hydrogens (primary N) is 1. The van der Waals surface area contributed by atoms with Crippen molar-refractivity contribution in [3.63, 3.8) is 0 Å². The molecule has 0 aliphatic carbocycles. The minimum absolute atomic E-state index is 0.223. The van der Waals surface area contributed by atoms with Gasteiger partial charge in [-0.15, -0.1) is 0 Å². The molecule has 7 nitrogen and oxygen atoms in total. The molecule has 4 aromatic rings. The van der Waals surface area contributed by atoms with Gasteiger partial charge in [0.2, 0.25) is 0 Å². The molecule has 0 saturated carbocycles. The maximum Gasteiger partial charge on any atom is 0.163 e. The van der Waals surface area contributed by atoms with Gasteiger partial charge in [0, 0.05) is 30.0 Å². The zero-order valence-corrected chi connectivity index (χ0v) is 16.7. The van der Waals surface area contributed by atoms with Gasteiger partial charge in [-0.3, -0.25) is 15.0 Å². The zero-order chi connectivity index (χ0) is 20.5. The van der Waals surface area contributed by atoms with E-state index in [0.29, 0.717) is 17.8 Å². The van der Waals surface area contributed by atoms with Gasteiger partial charge in [-0.25, -0.2) is 0 Å². The summed E-state index contributed by atoms with van der Waals surface area (Å²) in [5.74, 6) is 0.223. The first-order chi connectivity index (χ1) is 14.7. The SMILES string of the molecule is N#Cc1c(N)n[nH]c1-c1ccc2ccn(Cc3ccc(CN4CCCC4)cn3)c2c1. The van der Waals surface area contributed by atoms with E-state index in [2.05, 4.69) is 56.2 Å². The van der Waals surface area contributed by atoms with Gasteiger partial charge in [0.25, 0.3) is 0 Å². The van der Waals surface area contributed by atoms with Crippen LogP contribution in [0.3, 0.4) is 0 Å². The highest BCUT2D eigenvalue weighted by molar-refractivity contribution is 5.86. The summed E-state index contributed by atoms with van der Waals surface area (Å²) in [4.78, 5) is 7.17. The van der Waals surface area contributed by atoms with E-state index in [1.807, 2.05) is 18.3 Å². The first-order valence-electron chi connectivity index (χ1n) is 10.2. The van der Waals surface area contributed by atoms with Gasteiger partial charge in [-0.1, -0.05) is 18.2 Å². The molecule has 0 spiro atoms. The average molecular weight is 397 g/mol. The van der Waals surface area contributed by atoms with Crippen LogP contribution in [0, 0.1) is 11.3 Å². The van der Waals surface area contributed by atoms with Crippen LogP contribution < -0.4 is 5.73 Å². The van der Waals surface area contributed by atoms with E-state index in [9.17, 15) is 5.26 Å². The Morgan fingerprint density at radius 2 is 1.97 bits per heavy atom. The molecule has 1 fully saturated rings. The quantitative estimate of drug-likeness (QED) is 0.537. The van der Waals surface area contributed by atoms with E-state index in [-0.39, 0.29) is 5.82 Å². The molecule has 3 aromatic heterocycles. The number of nitrogens with one attached hydrogen (secondary N) is 1. The minimum atomic E-state index is 0.223. The van der Waals surface area contributed by atoms with Crippen LogP contribution >= 0.6 is 0 Å². The highest BCUT2D eigenvalue weighted by Gasteiger charge is 2.14. The van der Waals surface area contributed by atoms with Gasteiger partial charge < -0.3 is 10.3 Å². The second-order valence-corrected chi connectivity index (χ2v) is 7.83. The van der Waals surface area contributed by atoms with Gasteiger partial charge in [-0.05, 0) is 55.1 Å². The Balaban J connectivity index is 1.40. The maximum atomic E-state index is 9.38. The lowest BCUT2D eigenvalue weighted by molar-refractivity contribution is 0.331. The number of aromatic nitrogens is 4. The molecule has 5 rings (SSSR count). The molecule has 0 atom stereocenters. The summed E-state index contributed by atoms with van der Waals surface area (Å²) >= 11 is 0. The molecule has 0 amide bonds. The van der Waals surface area contributed by atoms with Crippen LogP contribution in [-0.4, -0.2) is 37.7 Å². The van der Waals surface area contributed by atoms with E-state index >= 15 is 0 Å². The summed E-state index contributed by atoms with van der Waals surface area (Å²) in [5.41, 5.74) is 11.1.